The normalized spacial score (nSPS) is 11.2. The molecule has 0 fully saturated rings. The van der Waals surface area contributed by atoms with E-state index in [0.29, 0.717) is 0 Å². The van der Waals surface area contributed by atoms with E-state index >= 15 is 0 Å². The maximum Gasteiger partial charge on any atom is 0.0592 e. The van der Waals surface area contributed by atoms with Crippen molar-refractivity contribution in [2.45, 2.75) is 13.3 Å². The number of hydrogen-bond acceptors (Lipinski definition) is 2. The van der Waals surface area contributed by atoms with Crippen LogP contribution in [0.25, 0.3) is 20.2 Å². The van der Waals surface area contributed by atoms with Crippen LogP contribution in [0.3, 0.4) is 0 Å². The van der Waals surface area contributed by atoms with Crippen LogP contribution in [0.5, 0.6) is 0 Å². The zero-order chi connectivity index (χ0) is 15.8. The first-order valence-electron chi connectivity index (χ1n) is 8.01. The van der Waals surface area contributed by atoms with E-state index in [1.807, 2.05) is 11.3 Å². The predicted molar refractivity (Wildman–Crippen MR) is 103 cm³/mol. The molecule has 3 aromatic carbocycles. The van der Waals surface area contributed by atoms with Crippen molar-refractivity contribution in [3.63, 3.8) is 0 Å². The van der Waals surface area contributed by atoms with Gasteiger partial charge < -0.3 is 4.90 Å². The first kappa shape index (κ1) is 14.3. The fourth-order valence-corrected chi connectivity index (χ4v) is 4.34. The SMILES string of the molecule is CCc1ccc(N(C)c2cccc3c2sc2ccccc23)cc1. The molecule has 0 saturated carbocycles. The van der Waals surface area contributed by atoms with Crippen molar-refractivity contribution in [1.82, 2.24) is 0 Å². The second-order valence-electron chi connectivity index (χ2n) is 5.83. The van der Waals surface area contributed by atoms with E-state index in [1.165, 1.54) is 37.1 Å². The fraction of sp³-hybridized carbons (Fsp3) is 0.143. The second-order valence-corrected chi connectivity index (χ2v) is 6.88. The fourth-order valence-electron chi connectivity index (χ4n) is 3.09. The highest BCUT2D eigenvalue weighted by atomic mass is 32.1. The van der Waals surface area contributed by atoms with Gasteiger partial charge >= 0.3 is 0 Å². The molecule has 1 aromatic heterocycles. The molecule has 0 aliphatic rings. The van der Waals surface area contributed by atoms with Gasteiger partial charge in [0.1, 0.15) is 0 Å². The Balaban J connectivity index is 1.87. The van der Waals surface area contributed by atoms with E-state index in [1.54, 1.807) is 0 Å². The molecule has 0 N–H and O–H groups in total. The number of anilines is 2. The van der Waals surface area contributed by atoms with Crippen molar-refractivity contribution in [3.8, 4) is 0 Å². The predicted octanol–water partition coefficient (Wildman–Crippen LogP) is 6.38. The topological polar surface area (TPSA) is 3.24 Å². The highest BCUT2D eigenvalue weighted by Crippen LogP contribution is 2.40. The second kappa shape index (κ2) is 5.71. The summed E-state index contributed by atoms with van der Waals surface area (Å²) in [6.45, 7) is 2.19. The number of nitrogens with zero attached hydrogens (tertiary/aromatic N) is 1. The summed E-state index contributed by atoms with van der Waals surface area (Å²) in [4.78, 5) is 2.29. The largest absolute Gasteiger partial charge is 0.343 e. The average Bonchev–Trinajstić information content (AvgIpc) is 3.00. The number of aryl methyl sites for hydroxylation is 1. The lowest BCUT2D eigenvalue weighted by molar-refractivity contribution is 1.13. The van der Waals surface area contributed by atoms with Gasteiger partial charge in [0.15, 0.2) is 0 Å². The van der Waals surface area contributed by atoms with Crippen molar-refractivity contribution >= 4 is 42.9 Å². The smallest absolute Gasteiger partial charge is 0.0592 e. The van der Waals surface area contributed by atoms with Gasteiger partial charge in [-0.2, -0.15) is 0 Å². The molecule has 0 atom stereocenters. The first-order chi connectivity index (χ1) is 11.3. The van der Waals surface area contributed by atoms with Crippen molar-refractivity contribution in [1.29, 1.82) is 0 Å². The Hall–Kier alpha value is -2.32. The number of benzene rings is 3. The molecule has 2 heteroatoms. The van der Waals surface area contributed by atoms with Crippen molar-refractivity contribution in [3.05, 3.63) is 72.3 Å². The summed E-state index contributed by atoms with van der Waals surface area (Å²) in [5.74, 6) is 0. The van der Waals surface area contributed by atoms with Gasteiger partial charge in [0.25, 0.3) is 0 Å². The molecule has 0 saturated heterocycles. The van der Waals surface area contributed by atoms with Gasteiger partial charge in [0.2, 0.25) is 0 Å². The first-order valence-corrected chi connectivity index (χ1v) is 8.82. The number of rotatable bonds is 3. The van der Waals surface area contributed by atoms with Crippen LogP contribution in [0.4, 0.5) is 11.4 Å². The molecular weight excluding hydrogens is 298 g/mol. The molecule has 0 unspecified atom stereocenters. The minimum Gasteiger partial charge on any atom is -0.343 e. The Morgan fingerprint density at radius 3 is 2.35 bits per heavy atom. The van der Waals surface area contributed by atoms with E-state index in [9.17, 15) is 0 Å². The number of thiophene rings is 1. The molecular formula is C21H19NS. The van der Waals surface area contributed by atoms with Crippen LogP contribution in [-0.4, -0.2) is 7.05 Å². The number of fused-ring (bicyclic) bond motifs is 3. The Morgan fingerprint density at radius 2 is 1.57 bits per heavy atom. The summed E-state index contributed by atoms with van der Waals surface area (Å²) >= 11 is 1.88. The average molecular weight is 317 g/mol. The minimum absolute atomic E-state index is 1.08. The van der Waals surface area contributed by atoms with E-state index in [0.717, 1.165) is 6.42 Å². The van der Waals surface area contributed by atoms with E-state index in [4.69, 9.17) is 0 Å². The summed E-state index contributed by atoms with van der Waals surface area (Å²) in [6.07, 6.45) is 1.08. The summed E-state index contributed by atoms with van der Waals surface area (Å²) in [5.41, 5.74) is 3.88. The molecule has 23 heavy (non-hydrogen) atoms. The summed E-state index contributed by atoms with van der Waals surface area (Å²) in [5, 5.41) is 2.70. The Labute approximate surface area is 140 Å². The Bertz CT molecular complexity index is 966. The maximum atomic E-state index is 2.29. The van der Waals surface area contributed by atoms with Gasteiger partial charge in [-0.25, -0.2) is 0 Å². The van der Waals surface area contributed by atoms with E-state index in [-0.39, 0.29) is 0 Å². The Morgan fingerprint density at radius 1 is 0.826 bits per heavy atom. The van der Waals surface area contributed by atoms with Crippen LogP contribution in [0.15, 0.2) is 66.7 Å². The van der Waals surface area contributed by atoms with Crippen LogP contribution in [0.2, 0.25) is 0 Å². The third kappa shape index (κ3) is 2.40. The van der Waals surface area contributed by atoms with Crippen LogP contribution < -0.4 is 4.90 Å². The standard InChI is InChI=1S/C21H19NS/c1-3-15-11-13-16(14-12-15)22(2)19-9-6-8-18-17-7-4-5-10-20(17)23-21(18)19/h4-14H,3H2,1-2H3. The molecule has 1 nitrogen and oxygen atoms in total. The summed E-state index contributed by atoms with van der Waals surface area (Å²) in [7, 11) is 2.15. The molecule has 0 bridgehead atoms. The van der Waals surface area contributed by atoms with E-state index < -0.39 is 0 Å². The van der Waals surface area contributed by atoms with Gasteiger partial charge in [0.05, 0.1) is 10.4 Å². The molecule has 1 heterocycles. The van der Waals surface area contributed by atoms with Crippen LogP contribution in [-0.2, 0) is 6.42 Å². The molecule has 0 aliphatic heterocycles. The quantitative estimate of drug-likeness (QED) is 0.423. The molecule has 0 spiro atoms. The van der Waals surface area contributed by atoms with Gasteiger partial charge in [-0.1, -0.05) is 49.4 Å². The van der Waals surface area contributed by atoms with Crippen LogP contribution >= 0.6 is 11.3 Å². The number of hydrogen-bond donors (Lipinski definition) is 0. The van der Waals surface area contributed by atoms with Crippen molar-refractivity contribution < 1.29 is 0 Å². The lowest BCUT2D eigenvalue weighted by atomic mass is 10.1. The molecule has 4 rings (SSSR count). The monoisotopic (exact) mass is 317 g/mol. The Kier molecular flexibility index (Phi) is 3.55. The molecule has 114 valence electrons. The third-order valence-electron chi connectivity index (χ3n) is 4.48. The van der Waals surface area contributed by atoms with E-state index in [2.05, 4.69) is 85.6 Å². The lowest BCUT2D eigenvalue weighted by Crippen LogP contribution is -2.09. The molecule has 0 amide bonds. The molecule has 0 aliphatic carbocycles. The zero-order valence-corrected chi connectivity index (χ0v) is 14.2. The van der Waals surface area contributed by atoms with Crippen LogP contribution in [0.1, 0.15) is 12.5 Å². The van der Waals surface area contributed by atoms with Crippen LogP contribution in [0, 0.1) is 0 Å². The molecule has 4 aromatic rings. The highest BCUT2D eigenvalue weighted by Gasteiger charge is 2.12. The minimum atomic E-state index is 1.08. The highest BCUT2D eigenvalue weighted by molar-refractivity contribution is 7.26. The molecule has 0 radical (unpaired) electrons. The summed E-state index contributed by atoms with van der Waals surface area (Å²) in [6, 6.07) is 24.1. The van der Waals surface area contributed by atoms with Crippen molar-refractivity contribution in [2.24, 2.45) is 0 Å². The zero-order valence-electron chi connectivity index (χ0n) is 13.4. The van der Waals surface area contributed by atoms with Gasteiger partial charge in [0, 0.05) is 28.2 Å². The summed E-state index contributed by atoms with van der Waals surface area (Å²) < 4.78 is 2.71. The van der Waals surface area contributed by atoms with Crippen molar-refractivity contribution in [2.75, 3.05) is 11.9 Å². The maximum absolute atomic E-state index is 2.29. The van der Waals surface area contributed by atoms with Gasteiger partial charge in [-0.05, 0) is 36.2 Å². The van der Waals surface area contributed by atoms with Gasteiger partial charge in [-0.3, -0.25) is 0 Å². The van der Waals surface area contributed by atoms with Gasteiger partial charge in [-0.15, -0.1) is 11.3 Å². The lowest BCUT2D eigenvalue weighted by Gasteiger charge is -2.20. The third-order valence-corrected chi connectivity index (χ3v) is 5.69.